The number of carbonyl (C=O) groups is 2. The van der Waals surface area contributed by atoms with Gasteiger partial charge in [-0.05, 0) is 40.8 Å². The molecule has 10 heteroatoms. The molecule has 0 saturated heterocycles. The van der Waals surface area contributed by atoms with Crippen molar-refractivity contribution in [1.82, 2.24) is 5.32 Å². The Balaban J connectivity index is 1.96. The van der Waals surface area contributed by atoms with Gasteiger partial charge in [-0.3, -0.25) is 0 Å². The first-order chi connectivity index (χ1) is 22.5. The lowest BCUT2D eigenvalue weighted by atomic mass is 9.88. The molecule has 256 valence electrons. The quantitative estimate of drug-likeness (QED) is 0.0987. The van der Waals surface area contributed by atoms with E-state index in [1.54, 1.807) is 12.2 Å². The first-order valence-corrected chi connectivity index (χ1v) is 18.1. The first-order valence-electron chi connectivity index (χ1n) is 16.2. The number of cyclic esters (lactones) is 1. The van der Waals surface area contributed by atoms with Crippen molar-refractivity contribution in [2.45, 2.75) is 69.8 Å². The molecule has 2 aromatic rings. The molecule has 0 aromatic heterocycles. The minimum absolute atomic E-state index is 0.0444. The van der Waals surface area contributed by atoms with Gasteiger partial charge in [-0.25, -0.2) is 9.59 Å². The lowest BCUT2D eigenvalue weighted by Gasteiger charge is -2.43. The van der Waals surface area contributed by atoms with E-state index in [1.165, 1.54) is 19.3 Å². The molecule has 4 atom stereocenters. The van der Waals surface area contributed by atoms with Crippen molar-refractivity contribution >= 4 is 30.8 Å². The van der Waals surface area contributed by atoms with Crippen LogP contribution in [0.3, 0.4) is 0 Å². The van der Waals surface area contributed by atoms with Gasteiger partial charge in [0.15, 0.2) is 0 Å². The third-order valence-electron chi connectivity index (χ3n) is 8.39. The number of nitrogens with one attached hydrogen (secondary N) is 1. The van der Waals surface area contributed by atoms with Crippen LogP contribution in [-0.4, -0.2) is 77.0 Å². The summed E-state index contributed by atoms with van der Waals surface area (Å²) in [5.74, 6) is -0.484. The Kier molecular flexibility index (Phi) is 14.6. The second-order valence-corrected chi connectivity index (χ2v) is 16.9. The zero-order valence-corrected chi connectivity index (χ0v) is 29.4. The number of aliphatic hydroxyl groups is 1. The SMILES string of the molecule is C=CCOC(=O)NCC[C@@](O)(/C=C/[C@H]1OC(=O)C=C[C@@H]1CC)[C@@H](CCO[Si](c1ccccc1)(c1ccccc1)C(C)(C)C)OCOC. The van der Waals surface area contributed by atoms with Crippen LogP contribution in [0.15, 0.2) is 97.6 Å². The maximum atomic E-state index is 12.3. The Morgan fingerprint density at radius 1 is 1.11 bits per heavy atom. The molecule has 1 aliphatic heterocycles. The molecule has 0 unspecified atom stereocenters. The molecule has 0 spiro atoms. The Hall–Kier alpha value is -3.54. The van der Waals surface area contributed by atoms with E-state index in [-0.39, 0.29) is 43.9 Å². The molecule has 1 amide bonds. The summed E-state index contributed by atoms with van der Waals surface area (Å²) in [6.07, 6.45) is 7.17. The summed E-state index contributed by atoms with van der Waals surface area (Å²) >= 11 is 0. The number of hydrogen-bond acceptors (Lipinski definition) is 8. The number of amides is 1. The zero-order valence-electron chi connectivity index (χ0n) is 28.4. The predicted molar refractivity (Wildman–Crippen MR) is 186 cm³/mol. The summed E-state index contributed by atoms with van der Waals surface area (Å²) in [5, 5.41) is 17.0. The average molecular weight is 666 g/mol. The van der Waals surface area contributed by atoms with Gasteiger partial charge in [0.05, 0.1) is 6.10 Å². The van der Waals surface area contributed by atoms with Gasteiger partial charge in [0, 0.05) is 32.3 Å². The molecular weight excluding hydrogens is 614 g/mol. The highest BCUT2D eigenvalue weighted by Crippen LogP contribution is 2.37. The lowest BCUT2D eigenvalue weighted by Crippen LogP contribution is -2.66. The number of hydrogen-bond donors (Lipinski definition) is 2. The normalized spacial score (nSPS) is 18.7. The molecule has 2 aromatic carbocycles. The van der Waals surface area contributed by atoms with E-state index in [0.717, 1.165) is 16.8 Å². The zero-order chi connectivity index (χ0) is 34.3. The van der Waals surface area contributed by atoms with Crippen molar-refractivity contribution in [3.63, 3.8) is 0 Å². The van der Waals surface area contributed by atoms with E-state index >= 15 is 0 Å². The summed E-state index contributed by atoms with van der Waals surface area (Å²) in [4.78, 5) is 24.3. The highest BCUT2D eigenvalue weighted by atomic mass is 28.4. The molecule has 9 nitrogen and oxygen atoms in total. The van der Waals surface area contributed by atoms with Gasteiger partial charge in [-0.2, -0.15) is 0 Å². The van der Waals surface area contributed by atoms with Gasteiger partial charge in [0.25, 0.3) is 8.32 Å². The summed E-state index contributed by atoms with van der Waals surface area (Å²) < 4.78 is 29.1. The van der Waals surface area contributed by atoms with Crippen LogP contribution in [0, 0.1) is 5.92 Å². The Labute approximate surface area is 280 Å². The largest absolute Gasteiger partial charge is 0.454 e. The van der Waals surface area contributed by atoms with Gasteiger partial charge >= 0.3 is 12.1 Å². The number of benzene rings is 2. The van der Waals surface area contributed by atoms with Gasteiger partial charge in [0.2, 0.25) is 0 Å². The maximum absolute atomic E-state index is 12.3. The van der Waals surface area contributed by atoms with Crippen LogP contribution in [0.4, 0.5) is 4.79 Å². The Morgan fingerprint density at radius 3 is 2.30 bits per heavy atom. The predicted octanol–water partition coefficient (Wildman–Crippen LogP) is 5.04. The second-order valence-electron chi connectivity index (χ2n) is 12.6. The molecule has 0 radical (unpaired) electrons. The maximum Gasteiger partial charge on any atom is 0.407 e. The fourth-order valence-corrected chi connectivity index (χ4v) is 10.6. The standard InChI is InChI=1S/C37H51NO8Si/c1-7-26-43-35(40)38-25-24-37(41,23-21-32-29(8-2)19-20-34(39)46-32)33(44-28-42-6)22-27-45-47(36(3,4)5,30-15-11-9-12-16-30)31-17-13-10-14-18-31/h7,9-21,23,29,32-33,41H,1,8,22,24-28H2,2-6H3,(H,38,40)/b23-21+/t29-,32+,33+,37-/m0/s1. The molecule has 3 rings (SSSR count). The van der Waals surface area contributed by atoms with Crippen LogP contribution in [0.5, 0.6) is 0 Å². The van der Waals surface area contributed by atoms with Crippen LogP contribution in [0.2, 0.25) is 5.04 Å². The highest BCUT2D eigenvalue weighted by Gasteiger charge is 2.50. The Bertz CT molecular complexity index is 1290. The van der Waals surface area contributed by atoms with Crippen LogP contribution in [-0.2, 0) is 28.2 Å². The van der Waals surface area contributed by atoms with Crippen molar-refractivity contribution in [2.24, 2.45) is 5.92 Å². The molecule has 1 heterocycles. The number of alkyl carbamates (subject to hydrolysis) is 1. The Morgan fingerprint density at radius 2 is 1.74 bits per heavy atom. The van der Waals surface area contributed by atoms with E-state index in [2.05, 4.69) is 56.9 Å². The number of methoxy groups -OCH3 is 1. The third-order valence-corrected chi connectivity index (χ3v) is 13.4. The minimum Gasteiger partial charge on any atom is -0.454 e. The van der Waals surface area contributed by atoms with Gasteiger partial charge in [0.1, 0.15) is 25.1 Å². The van der Waals surface area contributed by atoms with Gasteiger partial charge < -0.3 is 33.8 Å². The summed E-state index contributed by atoms with van der Waals surface area (Å²) in [6.45, 7) is 12.5. The molecule has 47 heavy (non-hydrogen) atoms. The van der Waals surface area contributed by atoms with Crippen LogP contribution in [0.1, 0.15) is 47.0 Å². The van der Waals surface area contributed by atoms with E-state index in [0.29, 0.717) is 6.42 Å². The van der Waals surface area contributed by atoms with Gasteiger partial charge in [-0.15, -0.1) is 0 Å². The lowest BCUT2D eigenvalue weighted by molar-refractivity contribution is -0.146. The number of ether oxygens (including phenoxy) is 4. The molecule has 0 aliphatic carbocycles. The van der Waals surface area contributed by atoms with Crippen molar-refractivity contribution < 1.29 is 38.1 Å². The fraction of sp³-hybridized carbons (Fsp3) is 0.459. The van der Waals surface area contributed by atoms with Crippen molar-refractivity contribution in [1.29, 1.82) is 0 Å². The van der Waals surface area contributed by atoms with Crippen molar-refractivity contribution in [3.8, 4) is 0 Å². The van der Waals surface area contributed by atoms with E-state index < -0.39 is 38.2 Å². The highest BCUT2D eigenvalue weighted by molar-refractivity contribution is 6.99. The molecule has 0 bridgehead atoms. The average Bonchev–Trinajstić information content (AvgIpc) is 3.06. The van der Waals surface area contributed by atoms with Crippen LogP contribution < -0.4 is 15.7 Å². The van der Waals surface area contributed by atoms with Crippen LogP contribution in [0.25, 0.3) is 0 Å². The van der Waals surface area contributed by atoms with Crippen molar-refractivity contribution in [2.75, 3.05) is 33.7 Å². The topological polar surface area (TPSA) is 113 Å². The molecule has 0 fully saturated rings. The number of esters is 1. The van der Waals surface area contributed by atoms with Gasteiger partial charge in [-0.1, -0.05) is 113 Å². The van der Waals surface area contributed by atoms with Crippen molar-refractivity contribution in [3.05, 3.63) is 97.6 Å². The van der Waals surface area contributed by atoms with E-state index in [1.807, 2.05) is 49.4 Å². The molecule has 1 aliphatic rings. The summed E-state index contributed by atoms with van der Waals surface area (Å²) in [5.41, 5.74) is -1.61. The van der Waals surface area contributed by atoms with E-state index in [4.69, 9.17) is 23.4 Å². The fourth-order valence-electron chi connectivity index (χ4n) is 5.99. The summed E-state index contributed by atoms with van der Waals surface area (Å²) in [6, 6.07) is 20.7. The van der Waals surface area contributed by atoms with Crippen LogP contribution >= 0.6 is 0 Å². The monoisotopic (exact) mass is 665 g/mol. The molecular formula is C37H51NO8Si. The molecule has 2 N–H and O–H groups in total. The second kappa shape index (κ2) is 18.1. The number of carbonyl (C=O) groups excluding carboxylic acids is 2. The first kappa shape index (κ1) is 37.9. The summed E-state index contributed by atoms with van der Waals surface area (Å²) in [7, 11) is -1.34. The third kappa shape index (κ3) is 10.2. The minimum atomic E-state index is -2.86. The number of rotatable bonds is 18. The van der Waals surface area contributed by atoms with E-state index in [9.17, 15) is 14.7 Å². The molecule has 0 saturated carbocycles. The smallest absolute Gasteiger partial charge is 0.407 e.